The number of carboxylic acid groups (broad SMARTS) is 1. The molecule has 0 bridgehead atoms. The first kappa shape index (κ1) is 22.5. The smallest absolute Gasteiger partial charge is 0.335 e. The van der Waals surface area contributed by atoms with Gasteiger partial charge in [-0.3, -0.25) is 4.79 Å². The number of hydrogen-bond donors (Lipinski definition) is 2. The maximum Gasteiger partial charge on any atom is 0.335 e. The van der Waals surface area contributed by atoms with Crippen LogP contribution in [0.3, 0.4) is 0 Å². The van der Waals surface area contributed by atoms with Crippen molar-refractivity contribution in [3.63, 3.8) is 0 Å². The first-order valence-electron chi connectivity index (χ1n) is 10.4. The summed E-state index contributed by atoms with van der Waals surface area (Å²) in [5.74, 6) is -0.271. The molecule has 1 fully saturated rings. The second-order valence-electron chi connectivity index (χ2n) is 8.03. The van der Waals surface area contributed by atoms with Crippen LogP contribution in [-0.2, 0) is 4.79 Å². The molecule has 1 saturated heterocycles. The number of rotatable bonds is 7. The predicted molar refractivity (Wildman–Crippen MR) is 116 cm³/mol. The van der Waals surface area contributed by atoms with Gasteiger partial charge in [0.05, 0.1) is 19.8 Å². The lowest BCUT2D eigenvalue weighted by Gasteiger charge is -2.32. The molecule has 7 heteroatoms. The molecule has 2 atom stereocenters. The van der Waals surface area contributed by atoms with Crippen LogP contribution in [0.5, 0.6) is 17.2 Å². The summed E-state index contributed by atoms with van der Waals surface area (Å²) in [4.78, 5) is 26.3. The first-order chi connectivity index (χ1) is 14.8. The number of likely N-dealkylation sites (tertiary alicyclic amines) is 1. The van der Waals surface area contributed by atoms with Gasteiger partial charge in [-0.1, -0.05) is 19.1 Å². The molecule has 0 aliphatic carbocycles. The Balaban J connectivity index is 2.02. The van der Waals surface area contributed by atoms with E-state index >= 15 is 0 Å². The molecule has 1 amide bonds. The Morgan fingerprint density at radius 2 is 1.87 bits per heavy atom. The lowest BCUT2D eigenvalue weighted by Crippen LogP contribution is -2.39. The van der Waals surface area contributed by atoms with Crippen LogP contribution in [0, 0.1) is 5.92 Å². The molecule has 0 radical (unpaired) electrons. The van der Waals surface area contributed by atoms with Gasteiger partial charge >= 0.3 is 5.97 Å². The lowest BCUT2D eigenvalue weighted by atomic mass is 9.86. The standard InChI is InChI=1S/C24H29NO6/c1-15-5-4-10-25(14-15)22(27)13-19(16-6-8-17(9-7-16)24(28)29)23-20(26)11-18(30-2)12-21(23)31-3/h6-9,11-12,15,19,26H,4-5,10,13-14H2,1-3H3,(H,28,29). The number of benzene rings is 2. The molecule has 1 heterocycles. The maximum absolute atomic E-state index is 13.2. The van der Waals surface area contributed by atoms with E-state index in [1.165, 1.54) is 32.4 Å². The summed E-state index contributed by atoms with van der Waals surface area (Å²) >= 11 is 0. The number of piperidine rings is 1. The van der Waals surface area contributed by atoms with Crippen LogP contribution in [0.15, 0.2) is 36.4 Å². The monoisotopic (exact) mass is 427 g/mol. The second kappa shape index (κ2) is 9.73. The highest BCUT2D eigenvalue weighted by atomic mass is 16.5. The SMILES string of the molecule is COc1cc(O)c(C(CC(=O)N2CCCC(C)C2)c2ccc(C(=O)O)cc2)c(OC)c1. The van der Waals surface area contributed by atoms with Crippen LogP contribution in [0.2, 0.25) is 0 Å². The zero-order valence-electron chi connectivity index (χ0n) is 18.1. The van der Waals surface area contributed by atoms with E-state index in [2.05, 4.69) is 6.92 Å². The molecule has 1 aliphatic heterocycles. The number of methoxy groups -OCH3 is 2. The number of carboxylic acids is 1. The number of aromatic hydroxyl groups is 1. The minimum absolute atomic E-state index is 0.00358. The van der Waals surface area contributed by atoms with Crippen molar-refractivity contribution in [2.45, 2.75) is 32.1 Å². The van der Waals surface area contributed by atoms with Crippen LogP contribution in [0.25, 0.3) is 0 Å². The van der Waals surface area contributed by atoms with E-state index in [0.29, 0.717) is 23.0 Å². The number of carbonyl (C=O) groups excluding carboxylic acids is 1. The van der Waals surface area contributed by atoms with E-state index < -0.39 is 11.9 Å². The van der Waals surface area contributed by atoms with Crippen LogP contribution >= 0.6 is 0 Å². The van der Waals surface area contributed by atoms with Gasteiger partial charge in [0.2, 0.25) is 5.91 Å². The number of amides is 1. The van der Waals surface area contributed by atoms with Crippen molar-refractivity contribution in [2.24, 2.45) is 5.92 Å². The Bertz CT molecular complexity index is 940. The normalized spacial score (nSPS) is 17.1. The molecule has 31 heavy (non-hydrogen) atoms. The molecule has 0 spiro atoms. The van der Waals surface area contributed by atoms with Crippen molar-refractivity contribution in [1.29, 1.82) is 0 Å². The van der Waals surface area contributed by atoms with Gasteiger partial charge in [0, 0.05) is 43.1 Å². The summed E-state index contributed by atoms with van der Waals surface area (Å²) < 4.78 is 10.7. The molecular formula is C24H29NO6. The van der Waals surface area contributed by atoms with Crippen molar-refractivity contribution < 1.29 is 29.3 Å². The Morgan fingerprint density at radius 1 is 1.16 bits per heavy atom. The van der Waals surface area contributed by atoms with Crippen LogP contribution in [-0.4, -0.2) is 54.3 Å². The number of hydrogen-bond acceptors (Lipinski definition) is 5. The molecule has 0 aromatic heterocycles. The molecule has 2 N–H and O–H groups in total. The summed E-state index contributed by atoms with van der Waals surface area (Å²) in [6.07, 6.45) is 2.22. The maximum atomic E-state index is 13.2. The Labute approximate surface area is 182 Å². The van der Waals surface area contributed by atoms with E-state index in [4.69, 9.17) is 9.47 Å². The fraction of sp³-hybridized carbons (Fsp3) is 0.417. The van der Waals surface area contributed by atoms with Crippen molar-refractivity contribution in [3.8, 4) is 17.2 Å². The average Bonchev–Trinajstić information content (AvgIpc) is 2.77. The first-order valence-corrected chi connectivity index (χ1v) is 10.4. The van der Waals surface area contributed by atoms with Crippen molar-refractivity contribution in [3.05, 3.63) is 53.1 Å². The Morgan fingerprint density at radius 3 is 2.45 bits per heavy atom. The summed E-state index contributed by atoms with van der Waals surface area (Å²) in [7, 11) is 2.99. The van der Waals surface area contributed by atoms with Gasteiger partial charge in [-0.25, -0.2) is 4.79 Å². The minimum Gasteiger partial charge on any atom is -0.507 e. The molecule has 166 valence electrons. The van der Waals surface area contributed by atoms with Crippen LogP contribution in [0.1, 0.15) is 53.6 Å². The van der Waals surface area contributed by atoms with Crippen molar-refractivity contribution in [2.75, 3.05) is 27.3 Å². The number of nitrogens with zero attached hydrogens (tertiary/aromatic N) is 1. The van der Waals surface area contributed by atoms with E-state index in [0.717, 1.165) is 31.5 Å². The topological polar surface area (TPSA) is 96.3 Å². The van der Waals surface area contributed by atoms with Gasteiger partial charge in [-0.05, 0) is 36.5 Å². The number of phenolic OH excluding ortho intramolecular Hbond substituents is 1. The average molecular weight is 427 g/mol. The molecular weight excluding hydrogens is 398 g/mol. The number of ether oxygens (including phenoxy) is 2. The van der Waals surface area contributed by atoms with Crippen LogP contribution in [0.4, 0.5) is 0 Å². The lowest BCUT2D eigenvalue weighted by molar-refractivity contribution is -0.133. The Hall–Kier alpha value is -3.22. The predicted octanol–water partition coefficient (Wildman–Crippen LogP) is 3.89. The third-order valence-corrected chi connectivity index (χ3v) is 5.85. The number of carbonyl (C=O) groups is 2. The van der Waals surface area contributed by atoms with Gasteiger partial charge in [-0.15, -0.1) is 0 Å². The van der Waals surface area contributed by atoms with Gasteiger partial charge in [-0.2, -0.15) is 0 Å². The van der Waals surface area contributed by atoms with Crippen molar-refractivity contribution >= 4 is 11.9 Å². The highest BCUT2D eigenvalue weighted by molar-refractivity contribution is 5.87. The third-order valence-electron chi connectivity index (χ3n) is 5.85. The molecule has 0 saturated carbocycles. The highest BCUT2D eigenvalue weighted by Crippen LogP contribution is 2.43. The summed E-state index contributed by atoms with van der Waals surface area (Å²) in [6.45, 7) is 3.58. The number of aromatic carboxylic acids is 1. The molecule has 2 aromatic rings. The summed E-state index contributed by atoms with van der Waals surface area (Å²) in [5.41, 5.74) is 1.36. The third kappa shape index (κ3) is 5.10. The highest BCUT2D eigenvalue weighted by Gasteiger charge is 2.29. The van der Waals surface area contributed by atoms with Crippen molar-refractivity contribution in [1.82, 2.24) is 4.90 Å². The van der Waals surface area contributed by atoms with Gasteiger partial charge in [0.15, 0.2) is 0 Å². The quantitative estimate of drug-likeness (QED) is 0.696. The molecule has 7 nitrogen and oxygen atoms in total. The molecule has 3 rings (SSSR count). The van der Waals surface area contributed by atoms with Crippen LogP contribution < -0.4 is 9.47 Å². The van der Waals surface area contributed by atoms with Gasteiger partial charge in [0.1, 0.15) is 17.2 Å². The molecule has 2 aromatic carbocycles. The zero-order chi connectivity index (χ0) is 22.5. The largest absolute Gasteiger partial charge is 0.507 e. The Kier molecular flexibility index (Phi) is 7.05. The van der Waals surface area contributed by atoms with Gasteiger partial charge < -0.3 is 24.6 Å². The zero-order valence-corrected chi connectivity index (χ0v) is 18.1. The summed E-state index contributed by atoms with van der Waals surface area (Å²) in [5, 5.41) is 20.0. The number of phenols is 1. The molecule has 2 unspecified atom stereocenters. The molecule has 1 aliphatic rings. The second-order valence-corrected chi connectivity index (χ2v) is 8.03. The van der Waals surface area contributed by atoms with E-state index in [1.54, 1.807) is 18.2 Å². The fourth-order valence-electron chi connectivity index (χ4n) is 4.19. The van der Waals surface area contributed by atoms with E-state index in [-0.39, 0.29) is 23.6 Å². The summed E-state index contributed by atoms with van der Waals surface area (Å²) in [6, 6.07) is 9.54. The van der Waals surface area contributed by atoms with E-state index in [9.17, 15) is 19.8 Å². The van der Waals surface area contributed by atoms with E-state index in [1.807, 2.05) is 4.90 Å². The van der Waals surface area contributed by atoms with Gasteiger partial charge in [0.25, 0.3) is 0 Å². The fourth-order valence-corrected chi connectivity index (χ4v) is 4.19. The minimum atomic E-state index is -1.02.